The first kappa shape index (κ1) is 16.9. The van der Waals surface area contributed by atoms with Gasteiger partial charge in [0.1, 0.15) is 23.1 Å². The van der Waals surface area contributed by atoms with Crippen LogP contribution in [-0.4, -0.2) is 25.2 Å². The Balaban J connectivity index is 2.19. The van der Waals surface area contributed by atoms with Crippen molar-refractivity contribution in [2.75, 3.05) is 24.4 Å². The number of carbonyl (C=O) groups excluding carboxylic acids is 1. The first-order valence-electron chi connectivity index (χ1n) is 7.13. The number of nitrogens with zero attached hydrogens (tertiary/aromatic N) is 2. The first-order chi connectivity index (χ1) is 11.5. The minimum Gasteiger partial charge on any atom is -0.508 e. The number of nitrogens with one attached hydrogen (secondary N) is 1. The number of phenols is 1. The van der Waals surface area contributed by atoms with Gasteiger partial charge in [-0.2, -0.15) is 5.26 Å². The predicted molar refractivity (Wildman–Crippen MR) is 91.8 cm³/mol. The quantitative estimate of drug-likeness (QED) is 0.653. The molecule has 2 N–H and O–H groups in total. The Morgan fingerprint density at radius 1 is 1.25 bits per heavy atom. The van der Waals surface area contributed by atoms with Crippen LogP contribution < -0.4 is 15.0 Å². The third-order valence-electron chi connectivity index (χ3n) is 3.30. The van der Waals surface area contributed by atoms with Gasteiger partial charge in [0.05, 0.1) is 12.8 Å². The lowest BCUT2D eigenvalue weighted by molar-refractivity contribution is -0.112. The number of hydrogen-bond donors (Lipinski definition) is 2. The number of ether oxygens (including phenoxy) is 1. The summed E-state index contributed by atoms with van der Waals surface area (Å²) in [6.07, 6.45) is 1.43. The summed E-state index contributed by atoms with van der Waals surface area (Å²) >= 11 is 0. The molecule has 0 heterocycles. The summed E-state index contributed by atoms with van der Waals surface area (Å²) in [5.41, 5.74) is 1.15. The number of carbonyl (C=O) groups is 1. The summed E-state index contributed by atoms with van der Waals surface area (Å²) in [6.45, 7) is 0. The maximum Gasteiger partial charge on any atom is 0.267 e. The average molecular weight is 323 g/mol. The Hall–Kier alpha value is -3.46. The van der Waals surface area contributed by atoms with E-state index in [0.29, 0.717) is 11.4 Å². The van der Waals surface area contributed by atoms with Crippen molar-refractivity contribution in [2.45, 2.75) is 0 Å². The number of para-hydroxylation sites is 2. The van der Waals surface area contributed by atoms with Gasteiger partial charge in [-0.15, -0.1) is 0 Å². The van der Waals surface area contributed by atoms with E-state index in [1.165, 1.54) is 25.4 Å². The number of methoxy groups -OCH3 is 1. The zero-order valence-electron chi connectivity index (χ0n) is 13.4. The van der Waals surface area contributed by atoms with Gasteiger partial charge in [0.2, 0.25) is 0 Å². The smallest absolute Gasteiger partial charge is 0.267 e. The molecule has 0 unspecified atom stereocenters. The van der Waals surface area contributed by atoms with E-state index in [0.717, 1.165) is 5.69 Å². The van der Waals surface area contributed by atoms with Crippen molar-refractivity contribution in [2.24, 2.45) is 0 Å². The van der Waals surface area contributed by atoms with Gasteiger partial charge in [0.15, 0.2) is 0 Å². The van der Waals surface area contributed by atoms with Crippen molar-refractivity contribution in [1.82, 2.24) is 0 Å². The molecule has 24 heavy (non-hydrogen) atoms. The maximum absolute atomic E-state index is 12.3. The van der Waals surface area contributed by atoms with E-state index in [4.69, 9.17) is 4.74 Å². The molecule has 2 aromatic carbocycles. The number of amides is 1. The highest BCUT2D eigenvalue weighted by Crippen LogP contribution is 2.24. The number of phenolic OH excluding ortho intramolecular Hbond substituents is 1. The van der Waals surface area contributed by atoms with Crippen LogP contribution in [0.1, 0.15) is 0 Å². The zero-order chi connectivity index (χ0) is 17.5. The zero-order valence-corrected chi connectivity index (χ0v) is 13.4. The van der Waals surface area contributed by atoms with Gasteiger partial charge in [-0.3, -0.25) is 4.79 Å². The second kappa shape index (κ2) is 7.70. The molecular formula is C18H17N3O3. The van der Waals surface area contributed by atoms with Crippen molar-refractivity contribution >= 4 is 17.3 Å². The van der Waals surface area contributed by atoms with Crippen LogP contribution in [0, 0.1) is 11.3 Å². The number of aromatic hydroxyl groups is 1. The van der Waals surface area contributed by atoms with Crippen molar-refractivity contribution in [1.29, 1.82) is 5.26 Å². The highest BCUT2D eigenvalue weighted by atomic mass is 16.5. The number of hydrogen-bond acceptors (Lipinski definition) is 5. The topological polar surface area (TPSA) is 85.6 Å². The Kier molecular flexibility index (Phi) is 5.42. The molecule has 0 radical (unpaired) electrons. The third kappa shape index (κ3) is 4.05. The summed E-state index contributed by atoms with van der Waals surface area (Å²) in [6, 6.07) is 15.3. The van der Waals surface area contributed by atoms with Gasteiger partial charge in [-0.25, -0.2) is 0 Å². The fourth-order valence-corrected chi connectivity index (χ4v) is 2.03. The first-order valence-corrected chi connectivity index (χ1v) is 7.13. The lowest BCUT2D eigenvalue weighted by Gasteiger charge is -2.15. The summed E-state index contributed by atoms with van der Waals surface area (Å²) in [5.74, 6) is 0.119. The number of anilines is 2. The predicted octanol–water partition coefficient (Wildman–Crippen LogP) is 2.88. The van der Waals surface area contributed by atoms with E-state index in [1.807, 2.05) is 6.07 Å². The van der Waals surface area contributed by atoms with Crippen LogP contribution in [0.15, 0.2) is 60.3 Å². The molecule has 0 saturated carbocycles. The van der Waals surface area contributed by atoms with Crippen LogP contribution in [-0.2, 0) is 4.79 Å². The molecule has 0 fully saturated rings. The largest absolute Gasteiger partial charge is 0.508 e. The monoisotopic (exact) mass is 323 g/mol. The fraction of sp³-hybridized carbons (Fsp3) is 0.111. The van der Waals surface area contributed by atoms with Crippen molar-refractivity contribution in [3.05, 3.63) is 60.3 Å². The van der Waals surface area contributed by atoms with Gasteiger partial charge < -0.3 is 20.1 Å². The van der Waals surface area contributed by atoms with Crippen molar-refractivity contribution in [3.8, 4) is 17.6 Å². The fourth-order valence-electron chi connectivity index (χ4n) is 2.03. The Bertz CT molecular complexity index is 792. The van der Waals surface area contributed by atoms with Crippen LogP contribution in [0.5, 0.6) is 11.5 Å². The second-order valence-electron chi connectivity index (χ2n) is 4.94. The van der Waals surface area contributed by atoms with E-state index < -0.39 is 5.91 Å². The molecule has 0 spiro atoms. The number of nitriles is 1. The van der Waals surface area contributed by atoms with Crippen LogP contribution in [0.3, 0.4) is 0 Å². The summed E-state index contributed by atoms with van der Waals surface area (Å²) in [5, 5.41) is 21.2. The number of rotatable bonds is 5. The lowest BCUT2D eigenvalue weighted by Crippen LogP contribution is -2.18. The molecule has 2 aromatic rings. The van der Waals surface area contributed by atoms with E-state index in [9.17, 15) is 15.2 Å². The molecule has 0 aliphatic rings. The maximum atomic E-state index is 12.3. The summed E-state index contributed by atoms with van der Waals surface area (Å²) in [7, 11) is 3.21. The van der Waals surface area contributed by atoms with Crippen LogP contribution in [0.4, 0.5) is 11.4 Å². The minimum atomic E-state index is -0.535. The Morgan fingerprint density at radius 2 is 1.92 bits per heavy atom. The standard InChI is InChI=1S/C18H17N3O3/c1-21(14-7-9-15(22)10-8-14)12-13(11-19)18(23)20-16-5-3-4-6-17(16)24-2/h3-10,12,22H,1-2H3,(H,20,23)/b13-12-. The molecule has 2 rings (SSSR count). The van der Waals surface area contributed by atoms with E-state index >= 15 is 0 Å². The Labute approximate surface area is 140 Å². The van der Waals surface area contributed by atoms with E-state index in [-0.39, 0.29) is 11.3 Å². The minimum absolute atomic E-state index is 0.0588. The molecule has 0 saturated heterocycles. The molecule has 1 amide bonds. The third-order valence-corrected chi connectivity index (χ3v) is 3.30. The summed E-state index contributed by atoms with van der Waals surface area (Å²) in [4.78, 5) is 13.9. The number of benzene rings is 2. The molecular weight excluding hydrogens is 306 g/mol. The van der Waals surface area contributed by atoms with Crippen molar-refractivity contribution in [3.63, 3.8) is 0 Å². The SMILES string of the molecule is COc1ccccc1NC(=O)/C(C#N)=C\N(C)c1ccc(O)cc1. The lowest BCUT2D eigenvalue weighted by atomic mass is 10.2. The van der Waals surface area contributed by atoms with Crippen molar-refractivity contribution < 1.29 is 14.6 Å². The molecule has 0 aliphatic heterocycles. The van der Waals surface area contributed by atoms with Crippen LogP contribution >= 0.6 is 0 Å². The molecule has 122 valence electrons. The molecule has 0 bridgehead atoms. The highest BCUT2D eigenvalue weighted by Gasteiger charge is 2.13. The molecule has 0 atom stereocenters. The van der Waals surface area contributed by atoms with Gasteiger partial charge >= 0.3 is 0 Å². The summed E-state index contributed by atoms with van der Waals surface area (Å²) < 4.78 is 5.17. The van der Waals surface area contributed by atoms with Gasteiger partial charge in [-0.05, 0) is 36.4 Å². The molecule has 0 aliphatic carbocycles. The normalized spacial score (nSPS) is 10.6. The second-order valence-corrected chi connectivity index (χ2v) is 4.94. The van der Waals surface area contributed by atoms with Gasteiger partial charge in [0, 0.05) is 18.9 Å². The van der Waals surface area contributed by atoms with Gasteiger partial charge in [-0.1, -0.05) is 12.1 Å². The van der Waals surface area contributed by atoms with Crippen LogP contribution in [0.2, 0.25) is 0 Å². The molecule has 0 aromatic heterocycles. The van der Waals surface area contributed by atoms with E-state index in [2.05, 4.69) is 5.32 Å². The molecule has 6 heteroatoms. The molecule has 6 nitrogen and oxygen atoms in total. The Morgan fingerprint density at radius 3 is 2.54 bits per heavy atom. The average Bonchev–Trinajstić information content (AvgIpc) is 2.60. The van der Waals surface area contributed by atoms with Crippen LogP contribution in [0.25, 0.3) is 0 Å². The van der Waals surface area contributed by atoms with E-state index in [1.54, 1.807) is 48.3 Å². The highest BCUT2D eigenvalue weighted by molar-refractivity contribution is 6.07. The van der Waals surface area contributed by atoms with Gasteiger partial charge in [0.25, 0.3) is 5.91 Å².